The van der Waals surface area contributed by atoms with Crippen molar-refractivity contribution in [1.29, 1.82) is 0 Å². The Morgan fingerprint density at radius 3 is 0.952 bits per heavy atom. The Balaban J connectivity index is 0.000000205. The summed E-state index contributed by atoms with van der Waals surface area (Å²) >= 11 is 0. The molecule has 0 aromatic carbocycles. The number of rotatable bonds is 8. The third-order valence-corrected chi connectivity index (χ3v) is 6.59. The zero-order chi connectivity index (χ0) is 46.0. The van der Waals surface area contributed by atoms with Gasteiger partial charge in [-0.05, 0) is 20.8 Å². The molecular formula is C28H26N20O14. The number of H-pyrrole nitrogens is 8. The number of nitrogens with zero attached hydrogens (tertiary/aromatic N) is 11. The normalized spacial score (nSPS) is 11.0. The number of anilines is 1. The van der Waals surface area contributed by atoms with Gasteiger partial charge in [0, 0.05) is 6.72 Å². The van der Waals surface area contributed by atoms with Crippen LogP contribution in [0.4, 0.5) is 40.1 Å². The molecule has 6 aromatic rings. The fourth-order valence-electron chi connectivity index (χ4n) is 4.06. The quantitative estimate of drug-likeness (QED) is 0.0474. The van der Waals surface area contributed by atoms with E-state index in [0.717, 1.165) is 0 Å². The molecule has 0 bridgehead atoms. The average Bonchev–Trinajstić information content (AvgIpc) is 3.13. The van der Waals surface area contributed by atoms with Crippen LogP contribution < -0.4 is 50.2 Å². The fourth-order valence-corrected chi connectivity index (χ4v) is 4.06. The predicted molar refractivity (Wildman–Crippen MR) is 205 cm³/mol. The highest BCUT2D eigenvalue weighted by Crippen LogP contribution is 2.26. The lowest BCUT2D eigenvalue weighted by molar-refractivity contribution is 0.447. The summed E-state index contributed by atoms with van der Waals surface area (Å²) in [4.78, 5) is 121. The van der Waals surface area contributed by atoms with Crippen molar-refractivity contribution < 1.29 is 30.6 Å². The van der Waals surface area contributed by atoms with Crippen molar-refractivity contribution in [3.63, 3.8) is 0 Å². The second kappa shape index (κ2) is 18.9. The smallest absolute Gasteiger partial charge is 0.328 e. The van der Waals surface area contributed by atoms with Crippen molar-refractivity contribution in [2.24, 2.45) is 35.8 Å². The molecule has 6 heterocycles. The molecule has 34 nitrogen and oxygen atoms in total. The fraction of sp³-hybridized carbons (Fsp3) is 0.107. The first-order valence-corrected chi connectivity index (χ1v) is 16.0. The maximum Gasteiger partial charge on any atom is 0.328 e. The standard InChI is InChI=1S/C10H10N8O4.2C9H8N6O5/c1-3-12-6(19)4(7(20)13-3)16-17-5-8(21)14-10(18-11-2)15-9(5)22;2*1-2-10-5(16)3(6(17)11-2)14-15-4-7(18)12-9(20)13-8(4)19/h2H2,1H3,(H2,12,13,19,20)(H3,14,15,18,21,22);2*1H3,(H2,10,11,16,17)(H3,12,13,18,19,20). The zero-order valence-electron chi connectivity index (χ0n) is 31.1. The molecule has 6 rings (SSSR count). The molecule has 6 aromatic heterocycles. The van der Waals surface area contributed by atoms with E-state index < -0.39 is 114 Å². The van der Waals surface area contributed by atoms with Gasteiger partial charge < -0.3 is 45.6 Å². The number of azo groups is 3. The molecule has 0 aliphatic heterocycles. The van der Waals surface area contributed by atoms with Gasteiger partial charge in [-0.1, -0.05) is 0 Å². The lowest BCUT2D eigenvalue weighted by atomic mass is 10.5. The first-order valence-electron chi connectivity index (χ1n) is 16.0. The summed E-state index contributed by atoms with van der Waals surface area (Å²) in [6.45, 7) is 7.47. The van der Waals surface area contributed by atoms with Gasteiger partial charge in [0.05, 0.1) is 0 Å². The summed E-state index contributed by atoms with van der Waals surface area (Å²) < 4.78 is 0. The van der Waals surface area contributed by atoms with E-state index in [-0.39, 0.29) is 23.4 Å². The number of aromatic amines is 8. The van der Waals surface area contributed by atoms with Gasteiger partial charge in [0.1, 0.15) is 17.5 Å². The van der Waals surface area contributed by atoms with Crippen molar-refractivity contribution in [3.8, 4) is 35.3 Å². The Labute approximate surface area is 335 Å². The molecule has 322 valence electrons. The highest BCUT2D eigenvalue weighted by Gasteiger charge is 2.15. The Kier molecular flexibility index (Phi) is 13.6. The first-order chi connectivity index (χ1) is 29.2. The minimum absolute atomic E-state index is 0.158. The van der Waals surface area contributed by atoms with Crippen LogP contribution in [0.25, 0.3) is 0 Å². The van der Waals surface area contributed by atoms with E-state index in [2.05, 4.69) is 87.8 Å². The largest absolute Gasteiger partial charge is 0.493 e. The van der Waals surface area contributed by atoms with Crippen LogP contribution >= 0.6 is 0 Å². The maximum absolute atomic E-state index is 11.7. The van der Waals surface area contributed by atoms with Crippen LogP contribution in [0.2, 0.25) is 0 Å². The Bertz CT molecular complexity index is 3130. The van der Waals surface area contributed by atoms with Crippen LogP contribution in [0.15, 0.2) is 74.1 Å². The van der Waals surface area contributed by atoms with Crippen molar-refractivity contribution in [1.82, 2.24) is 59.8 Å². The van der Waals surface area contributed by atoms with Crippen molar-refractivity contribution in [3.05, 3.63) is 101 Å². The molecule has 0 radical (unpaired) electrons. The predicted octanol–water partition coefficient (Wildman–Crippen LogP) is -1.42. The third kappa shape index (κ3) is 11.1. The molecule has 62 heavy (non-hydrogen) atoms. The van der Waals surface area contributed by atoms with Crippen molar-refractivity contribution in [2.75, 3.05) is 5.43 Å². The van der Waals surface area contributed by atoms with Gasteiger partial charge in [-0.25, -0.2) is 15.0 Å². The van der Waals surface area contributed by atoms with Gasteiger partial charge in [0.15, 0.2) is 0 Å². The van der Waals surface area contributed by atoms with Crippen molar-refractivity contribution >= 4 is 46.8 Å². The molecule has 0 aliphatic rings. The topological polar surface area (TPSA) is 534 Å². The highest BCUT2D eigenvalue weighted by molar-refractivity contribution is 5.50. The molecule has 0 atom stereocenters. The Morgan fingerprint density at radius 1 is 0.403 bits per heavy atom. The molecule has 0 fully saturated rings. The second-order valence-corrected chi connectivity index (χ2v) is 11.1. The van der Waals surface area contributed by atoms with E-state index in [9.17, 15) is 69.0 Å². The lowest BCUT2D eigenvalue weighted by Crippen LogP contribution is -2.20. The number of hydrogen-bond acceptors (Lipinski definition) is 26. The van der Waals surface area contributed by atoms with Gasteiger partial charge in [0.2, 0.25) is 75.4 Å². The second-order valence-electron chi connectivity index (χ2n) is 11.1. The molecule has 0 amide bonds. The van der Waals surface area contributed by atoms with Crippen LogP contribution in [-0.2, 0) is 0 Å². The summed E-state index contributed by atoms with van der Waals surface area (Å²) in [6, 6.07) is 0. The minimum Gasteiger partial charge on any atom is -0.493 e. The molecule has 15 N–H and O–H groups in total. The number of aromatic nitrogens is 12. The minimum atomic E-state index is -1.01. The average molecular weight is 867 g/mol. The maximum atomic E-state index is 11.7. The first kappa shape index (κ1) is 44.7. The molecule has 34 heteroatoms. The number of hydrazone groups is 1. The Morgan fingerprint density at radius 2 is 0.677 bits per heavy atom. The summed E-state index contributed by atoms with van der Waals surface area (Å²) in [5, 5.41) is 80.1. The third-order valence-electron chi connectivity index (χ3n) is 6.59. The SMILES string of the molecule is C=NNc1nc(O)c(N=Nc2c(O)nc(C)[nH]c2=O)c(=O)[nH]1.Cc1nc(O)c(N=Nc2c(O)[nH]c(=O)[nH]c2=O)c(=O)[nH]1.Cc1nc(O)c(N=Nc2c(O)[nH]c(=O)[nH]c2=O)c(=O)[nH]1. The van der Waals surface area contributed by atoms with E-state index in [0.29, 0.717) is 0 Å². The summed E-state index contributed by atoms with van der Waals surface area (Å²) in [5.41, 5.74) is -8.21. The zero-order valence-corrected chi connectivity index (χ0v) is 31.1. The number of nitrogens with one attached hydrogen (secondary N) is 9. The molecule has 0 unspecified atom stereocenters. The number of aromatic hydroxyl groups is 6. The van der Waals surface area contributed by atoms with Gasteiger partial charge in [-0.3, -0.25) is 53.7 Å². The van der Waals surface area contributed by atoms with Crippen LogP contribution in [0.3, 0.4) is 0 Å². The van der Waals surface area contributed by atoms with E-state index in [1.165, 1.54) is 20.8 Å². The molecule has 0 saturated carbocycles. The highest BCUT2D eigenvalue weighted by atomic mass is 16.3. The van der Waals surface area contributed by atoms with Crippen LogP contribution in [0, 0.1) is 20.8 Å². The summed E-state index contributed by atoms with van der Waals surface area (Å²) in [7, 11) is 0. The molecular weight excluding hydrogens is 840 g/mol. The van der Waals surface area contributed by atoms with E-state index in [1.807, 2.05) is 19.9 Å². The van der Waals surface area contributed by atoms with Gasteiger partial charge in [0.25, 0.3) is 33.4 Å². The van der Waals surface area contributed by atoms with Crippen LogP contribution in [0.1, 0.15) is 17.5 Å². The van der Waals surface area contributed by atoms with Gasteiger partial charge in [-0.15, -0.1) is 30.7 Å². The molecule has 0 aliphatic carbocycles. The van der Waals surface area contributed by atoms with Crippen LogP contribution in [0.5, 0.6) is 35.3 Å². The molecule has 0 spiro atoms. The van der Waals surface area contributed by atoms with E-state index in [4.69, 9.17) is 0 Å². The summed E-state index contributed by atoms with van der Waals surface area (Å²) in [6.07, 6.45) is 0. The van der Waals surface area contributed by atoms with Crippen molar-refractivity contribution in [2.45, 2.75) is 20.8 Å². The molecule has 0 saturated heterocycles. The number of aryl methyl sites for hydroxylation is 3. The van der Waals surface area contributed by atoms with Gasteiger partial charge in [-0.2, -0.15) is 25.0 Å². The van der Waals surface area contributed by atoms with E-state index in [1.54, 1.807) is 0 Å². The van der Waals surface area contributed by atoms with Gasteiger partial charge >= 0.3 is 11.4 Å². The number of hydrogen-bond donors (Lipinski definition) is 15. The lowest BCUT2D eigenvalue weighted by Gasteiger charge is -2.01. The monoisotopic (exact) mass is 866 g/mol. The van der Waals surface area contributed by atoms with Crippen LogP contribution in [-0.4, -0.2) is 97.2 Å². The Hall–Kier alpha value is -10.1. The summed E-state index contributed by atoms with van der Waals surface area (Å²) in [5.74, 6) is -4.09. The van der Waals surface area contributed by atoms with E-state index >= 15 is 0 Å².